The lowest BCUT2D eigenvalue weighted by Crippen LogP contribution is -2.40. The van der Waals surface area contributed by atoms with Crippen LogP contribution in [0.5, 0.6) is 5.75 Å². The first-order valence-corrected chi connectivity index (χ1v) is 12.4. The van der Waals surface area contributed by atoms with Crippen LogP contribution in [0, 0.1) is 13.8 Å². The zero-order valence-corrected chi connectivity index (χ0v) is 20.8. The Kier molecular flexibility index (Phi) is 8.02. The molecule has 4 rings (SSSR count). The van der Waals surface area contributed by atoms with E-state index < -0.39 is 6.43 Å². The van der Waals surface area contributed by atoms with Gasteiger partial charge < -0.3 is 10.1 Å². The van der Waals surface area contributed by atoms with Crippen LogP contribution in [0.15, 0.2) is 36.7 Å². The van der Waals surface area contributed by atoms with Crippen molar-refractivity contribution in [1.29, 1.82) is 0 Å². The third kappa shape index (κ3) is 6.79. The molecule has 1 aromatic carbocycles. The Morgan fingerprint density at radius 3 is 2.66 bits per heavy atom. The summed E-state index contributed by atoms with van der Waals surface area (Å²) in [5, 5.41) is 3.80. The second-order valence-electron chi connectivity index (χ2n) is 8.75. The fraction of sp³-hybridized carbons (Fsp3) is 0.440. The topological polar surface area (TPSA) is 80.2 Å². The third-order valence-corrected chi connectivity index (χ3v) is 6.82. The lowest BCUT2D eigenvalue weighted by Gasteiger charge is -2.32. The summed E-state index contributed by atoms with van der Waals surface area (Å²) in [5.41, 5.74) is 1.98. The normalized spacial score (nSPS) is 15.8. The summed E-state index contributed by atoms with van der Waals surface area (Å²) < 4.78 is 31.6. The number of aryl methyl sites for hydroxylation is 2. The van der Waals surface area contributed by atoms with Crippen LogP contribution in [0.4, 0.5) is 8.78 Å². The molecule has 1 N–H and O–H groups in total. The molecule has 186 valence electrons. The quantitative estimate of drug-likeness (QED) is 0.477. The number of ether oxygens (including phenoxy) is 1. The molecule has 1 aliphatic rings. The van der Waals surface area contributed by atoms with E-state index in [4.69, 9.17) is 4.74 Å². The molecule has 1 saturated heterocycles. The van der Waals surface area contributed by atoms with Crippen molar-refractivity contribution in [3.63, 3.8) is 0 Å². The molecule has 0 aliphatic carbocycles. The summed E-state index contributed by atoms with van der Waals surface area (Å²) in [7, 11) is 0. The standard InChI is InChI=1S/C25H29F2N5O2S/c1-15-13-29-25(35-15)19-10-18(24(33)30-16(2)22-4-7-28-17(3)31-22)11-21(12-19)34-20-5-8-32(9-6-20)14-23(26)27/h4,7,10-13,16,20,23H,5-6,8-9,14H2,1-3H3,(H,30,33)/t16-/m1/s1. The second-order valence-corrected chi connectivity index (χ2v) is 9.99. The van der Waals surface area contributed by atoms with Gasteiger partial charge >= 0.3 is 0 Å². The van der Waals surface area contributed by atoms with E-state index in [-0.39, 0.29) is 24.6 Å². The maximum Gasteiger partial charge on any atom is 0.251 e. The van der Waals surface area contributed by atoms with Crippen LogP contribution in [0.25, 0.3) is 10.6 Å². The van der Waals surface area contributed by atoms with Crippen molar-refractivity contribution < 1.29 is 18.3 Å². The first-order valence-electron chi connectivity index (χ1n) is 11.6. The molecule has 0 spiro atoms. The van der Waals surface area contributed by atoms with E-state index in [0.29, 0.717) is 43.1 Å². The molecular formula is C25H29F2N5O2S. The highest BCUT2D eigenvalue weighted by molar-refractivity contribution is 7.14. The zero-order valence-electron chi connectivity index (χ0n) is 20.0. The predicted molar refractivity (Wildman–Crippen MR) is 131 cm³/mol. The maximum absolute atomic E-state index is 13.2. The van der Waals surface area contributed by atoms with E-state index in [1.54, 1.807) is 47.7 Å². The molecule has 1 aliphatic heterocycles. The minimum absolute atomic E-state index is 0.101. The number of halogens is 2. The Labute approximate surface area is 207 Å². The van der Waals surface area contributed by atoms with Gasteiger partial charge in [0.2, 0.25) is 0 Å². The van der Waals surface area contributed by atoms with E-state index in [1.807, 2.05) is 26.0 Å². The summed E-state index contributed by atoms with van der Waals surface area (Å²) >= 11 is 1.54. The number of rotatable bonds is 8. The van der Waals surface area contributed by atoms with Gasteiger partial charge in [-0.05, 0) is 57.9 Å². The van der Waals surface area contributed by atoms with Crippen LogP contribution in [0.3, 0.4) is 0 Å². The number of alkyl halides is 2. The Hall–Kier alpha value is -2.98. The van der Waals surface area contributed by atoms with Gasteiger partial charge in [-0.2, -0.15) is 0 Å². The number of carbonyl (C=O) groups is 1. The Bertz CT molecular complexity index is 1160. The number of hydrogen-bond acceptors (Lipinski definition) is 7. The summed E-state index contributed by atoms with van der Waals surface area (Å²) in [4.78, 5) is 29.0. The molecule has 0 radical (unpaired) electrons. The molecule has 0 bridgehead atoms. The van der Waals surface area contributed by atoms with Crippen LogP contribution in [-0.4, -0.2) is 57.9 Å². The molecule has 3 aromatic rings. The van der Waals surface area contributed by atoms with E-state index in [0.717, 1.165) is 21.1 Å². The van der Waals surface area contributed by atoms with E-state index in [9.17, 15) is 13.6 Å². The smallest absolute Gasteiger partial charge is 0.251 e. The van der Waals surface area contributed by atoms with Gasteiger partial charge in [-0.1, -0.05) is 0 Å². The van der Waals surface area contributed by atoms with Gasteiger partial charge in [-0.3, -0.25) is 9.69 Å². The minimum Gasteiger partial charge on any atom is -0.490 e. The summed E-state index contributed by atoms with van der Waals surface area (Å²) in [5.74, 6) is 0.957. The summed E-state index contributed by atoms with van der Waals surface area (Å²) in [6, 6.07) is 6.89. The molecule has 1 fully saturated rings. The summed E-state index contributed by atoms with van der Waals surface area (Å²) in [6.45, 7) is 6.57. The van der Waals surface area contributed by atoms with Gasteiger partial charge in [-0.15, -0.1) is 11.3 Å². The van der Waals surface area contributed by atoms with Gasteiger partial charge in [0, 0.05) is 41.5 Å². The average Bonchev–Trinajstić information content (AvgIpc) is 3.26. The van der Waals surface area contributed by atoms with Crippen molar-refractivity contribution in [3.05, 3.63) is 58.6 Å². The van der Waals surface area contributed by atoms with Crippen molar-refractivity contribution in [2.45, 2.75) is 52.2 Å². The molecule has 35 heavy (non-hydrogen) atoms. The molecule has 2 aromatic heterocycles. The number of likely N-dealkylation sites (tertiary alicyclic amines) is 1. The number of thiazole rings is 1. The fourth-order valence-corrected chi connectivity index (χ4v) is 4.83. The van der Waals surface area contributed by atoms with Crippen molar-refractivity contribution in [2.24, 2.45) is 0 Å². The van der Waals surface area contributed by atoms with Crippen LogP contribution < -0.4 is 10.1 Å². The van der Waals surface area contributed by atoms with Crippen molar-refractivity contribution >= 4 is 17.2 Å². The lowest BCUT2D eigenvalue weighted by molar-refractivity contribution is 0.0478. The maximum atomic E-state index is 13.2. The molecule has 7 nitrogen and oxygen atoms in total. The Morgan fingerprint density at radius 2 is 2.00 bits per heavy atom. The van der Waals surface area contributed by atoms with E-state index in [1.165, 1.54) is 0 Å². The number of aromatic nitrogens is 3. The van der Waals surface area contributed by atoms with Crippen LogP contribution in [0.2, 0.25) is 0 Å². The molecule has 1 atom stereocenters. The van der Waals surface area contributed by atoms with E-state index >= 15 is 0 Å². The van der Waals surface area contributed by atoms with Gasteiger partial charge in [0.1, 0.15) is 22.7 Å². The number of carbonyl (C=O) groups excluding carboxylic acids is 1. The van der Waals surface area contributed by atoms with Gasteiger partial charge in [-0.25, -0.2) is 23.7 Å². The van der Waals surface area contributed by atoms with Crippen molar-refractivity contribution in [1.82, 2.24) is 25.2 Å². The monoisotopic (exact) mass is 501 g/mol. The minimum atomic E-state index is -2.33. The van der Waals surface area contributed by atoms with Gasteiger partial charge in [0.25, 0.3) is 12.3 Å². The van der Waals surface area contributed by atoms with Gasteiger partial charge in [0.05, 0.1) is 18.3 Å². The largest absolute Gasteiger partial charge is 0.490 e. The number of nitrogens with zero attached hydrogens (tertiary/aromatic N) is 4. The zero-order chi connectivity index (χ0) is 24.9. The fourth-order valence-electron chi connectivity index (χ4n) is 4.08. The highest BCUT2D eigenvalue weighted by atomic mass is 32.1. The average molecular weight is 502 g/mol. The molecule has 1 amide bonds. The van der Waals surface area contributed by atoms with E-state index in [2.05, 4.69) is 20.3 Å². The molecule has 10 heteroatoms. The predicted octanol–water partition coefficient (Wildman–Crippen LogP) is 4.82. The van der Waals surface area contributed by atoms with Crippen molar-refractivity contribution in [2.75, 3.05) is 19.6 Å². The van der Waals surface area contributed by atoms with Crippen LogP contribution >= 0.6 is 11.3 Å². The Balaban J connectivity index is 1.52. The van der Waals surface area contributed by atoms with Crippen LogP contribution in [-0.2, 0) is 0 Å². The van der Waals surface area contributed by atoms with Gasteiger partial charge in [0.15, 0.2) is 0 Å². The highest BCUT2D eigenvalue weighted by Gasteiger charge is 2.23. The lowest BCUT2D eigenvalue weighted by atomic mass is 10.1. The first kappa shape index (κ1) is 25.1. The van der Waals surface area contributed by atoms with Crippen LogP contribution in [0.1, 0.15) is 52.6 Å². The molecule has 3 heterocycles. The third-order valence-electron chi connectivity index (χ3n) is 5.86. The molecule has 0 saturated carbocycles. The highest BCUT2D eigenvalue weighted by Crippen LogP contribution is 2.31. The SMILES string of the molecule is Cc1nccc([C@@H](C)NC(=O)c2cc(OC3CCN(CC(F)F)CC3)cc(-c3ncc(C)s3)c2)n1. The first-order chi connectivity index (χ1) is 16.8. The Morgan fingerprint density at radius 1 is 1.23 bits per heavy atom. The number of nitrogens with one attached hydrogen (secondary N) is 1. The second kappa shape index (κ2) is 11.2. The summed E-state index contributed by atoms with van der Waals surface area (Å²) in [6.07, 6.45) is 2.34. The number of piperidine rings is 1. The molecule has 0 unspecified atom stereocenters. The number of benzene rings is 1. The van der Waals surface area contributed by atoms with Crippen molar-refractivity contribution in [3.8, 4) is 16.3 Å². The number of hydrogen-bond donors (Lipinski definition) is 1. The molecular weight excluding hydrogens is 472 g/mol. The number of amides is 1.